The van der Waals surface area contributed by atoms with Crippen molar-refractivity contribution in [3.8, 4) is 0 Å². The second kappa shape index (κ2) is 3.09. The zero-order valence-corrected chi connectivity index (χ0v) is 7.05. The second-order valence-electron chi connectivity index (χ2n) is 2.34. The van der Waals surface area contributed by atoms with Gasteiger partial charge in [-0.05, 0) is 18.6 Å². The van der Waals surface area contributed by atoms with Crippen molar-refractivity contribution in [2.24, 2.45) is 0 Å². The summed E-state index contributed by atoms with van der Waals surface area (Å²) in [5.74, 6) is 0.678. The fraction of sp³-hybridized carbons (Fsp3) is 1.00. The van der Waals surface area contributed by atoms with Gasteiger partial charge in [0.15, 0.2) is 0 Å². The van der Waals surface area contributed by atoms with Gasteiger partial charge in [-0.15, -0.1) is 3.89 Å². The van der Waals surface area contributed by atoms with Crippen LogP contribution in [0.1, 0.15) is 12.8 Å². The smallest absolute Gasteiger partial charge is 0.195 e. The molecule has 0 aromatic carbocycles. The molecule has 0 amide bonds. The topological polar surface area (TPSA) is 34.1 Å². The highest BCUT2D eigenvalue weighted by Gasteiger charge is 2.22. The van der Waals surface area contributed by atoms with Gasteiger partial charge in [-0.2, -0.15) is 20.2 Å². The van der Waals surface area contributed by atoms with E-state index >= 15 is 0 Å². The van der Waals surface area contributed by atoms with Gasteiger partial charge in [0.1, 0.15) is 0 Å². The van der Waals surface area contributed by atoms with Crippen LogP contribution in [-0.2, 0) is 10.2 Å². The third kappa shape index (κ3) is 2.88. The number of hydrogen-bond acceptors (Lipinski definition) is 3. The van der Waals surface area contributed by atoms with Gasteiger partial charge in [0.05, 0.1) is 5.75 Å². The first-order chi connectivity index (χ1) is 4.58. The SMILES string of the molecule is O=S(=O)(F)CC1CCCS1. The quantitative estimate of drug-likeness (QED) is 0.604. The van der Waals surface area contributed by atoms with Crippen LogP contribution in [0.2, 0.25) is 0 Å². The van der Waals surface area contributed by atoms with E-state index < -0.39 is 10.2 Å². The highest BCUT2D eigenvalue weighted by atomic mass is 32.3. The van der Waals surface area contributed by atoms with Crippen molar-refractivity contribution in [1.29, 1.82) is 0 Å². The van der Waals surface area contributed by atoms with Crippen LogP contribution in [0.25, 0.3) is 0 Å². The van der Waals surface area contributed by atoms with Gasteiger partial charge < -0.3 is 0 Å². The molecule has 0 radical (unpaired) electrons. The summed E-state index contributed by atoms with van der Waals surface area (Å²) in [5, 5.41) is 0.00926. The van der Waals surface area contributed by atoms with Gasteiger partial charge in [-0.3, -0.25) is 0 Å². The lowest BCUT2D eigenvalue weighted by Gasteiger charge is -2.01. The number of rotatable bonds is 2. The highest BCUT2D eigenvalue weighted by Crippen LogP contribution is 2.27. The van der Waals surface area contributed by atoms with Crippen LogP contribution >= 0.6 is 11.8 Å². The molecular weight excluding hydrogens is 175 g/mol. The molecule has 60 valence electrons. The molecule has 0 N–H and O–H groups in total. The maximum atomic E-state index is 12.0. The second-order valence-corrected chi connectivity index (χ2v) is 5.16. The van der Waals surface area contributed by atoms with Crippen LogP contribution in [0.4, 0.5) is 3.89 Å². The maximum absolute atomic E-state index is 12.0. The Morgan fingerprint density at radius 1 is 1.60 bits per heavy atom. The lowest BCUT2D eigenvalue weighted by Crippen LogP contribution is -2.11. The zero-order valence-electron chi connectivity index (χ0n) is 5.42. The number of thioether (sulfide) groups is 1. The lowest BCUT2D eigenvalue weighted by atomic mass is 10.3. The minimum atomic E-state index is -4.23. The Hall–Kier alpha value is 0.230. The molecule has 1 rings (SSSR count). The van der Waals surface area contributed by atoms with E-state index in [1.807, 2.05) is 0 Å². The first-order valence-electron chi connectivity index (χ1n) is 3.12. The summed E-state index contributed by atoms with van der Waals surface area (Å²) in [6.07, 6.45) is 1.86. The molecule has 5 heteroatoms. The molecule has 1 fully saturated rings. The van der Waals surface area contributed by atoms with Crippen LogP contribution < -0.4 is 0 Å². The predicted octanol–water partition coefficient (Wildman–Crippen LogP) is 1.18. The Bertz CT molecular complexity index is 194. The van der Waals surface area contributed by atoms with Gasteiger partial charge in [0.25, 0.3) is 0 Å². The van der Waals surface area contributed by atoms with Gasteiger partial charge in [-0.1, -0.05) is 0 Å². The normalized spacial score (nSPS) is 27.1. The predicted molar refractivity (Wildman–Crippen MR) is 40.4 cm³/mol. The Morgan fingerprint density at radius 3 is 2.70 bits per heavy atom. The fourth-order valence-electron chi connectivity index (χ4n) is 0.998. The van der Waals surface area contributed by atoms with Gasteiger partial charge in [0, 0.05) is 5.25 Å². The van der Waals surface area contributed by atoms with Crippen molar-refractivity contribution in [2.45, 2.75) is 18.1 Å². The summed E-state index contributed by atoms with van der Waals surface area (Å²) in [7, 11) is -4.23. The molecule has 1 aliphatic rings. The van der Waals surface area contributed by atoms with E-state index in [2.05, 4.69) is 0 Å². The van der Waals surface area contributed by atoms with E-state index in [1.54, 1.807) is 11.8 Å². The van der Waals surface area contributed by atoms with Crippen LogP contribution in [-0.4, -0.2) is 25.2 Å². The zero-order chi connectivity index (χ0) is 7.61. The molecule has 0 aromatic rings. The molecule has 0 saturated carbocycles. The summed E-state index contributed by atoms with van der Waals surface area (Å²) in [6.45, 7) is 0. The van der Waals surface area contributed by atoms with Crippen LogP contribution in [0, 0.1) is 0 Å². The van der Waals surface area contributed by atoms with Gasteiger partial charge in [-0.25, -0.2) is 0 Å². The van der Waals surface area contributed by atoms with Crippen molar-refractivity contribution in [3.63, 3.8) is 0 Å². The molecule has 1 unspecified atom stereocenters. The summed E-state index contributed by atoms with van der Waals surface area (Å²) >= 11 is 1.55. The summed E-state index contributed by atoms with van der Waals surface area (Å²) in [6, 6.07) is 0. The molecule has 1 aliphatic heterocycles. The molecular formula is C5H9FO2S2. The molecule has 0 spiro atoms. The molecule has 0 aromatic heterocycles. The highest BCUT2D eigenvalue weighted by molar-refractivity contribution is 8.01. The average Bonchev–Trinajstić information content (AvgIpc) is 2.12. The van der Waals surface area contributed by atoms with Crippen LogP contribution in [0.15, 0.2) is 0 Å². The Balaban J connectivity index is 2.38. The standard InChI is InChI=1S/C5H9FO2S2/c6-10(7,8)4-5-2-1-3-9-5/h5H,1-4H2. The van der Waals surface area contributed by atoms with Crippen molar-refractivity contribution < 1.29 is 12.3 Å². The molecule has 0 aliphatic carbocycles. The van der Waals surface area contributed by atoms with E-state index in [0.717, 1.165) is 18.6 Å². The largest absolute Gasteiger partial charge is 0.303 e. The fourth-order valence-corrected chi connectivity index (χ4v) is 3.48. The molecule has 1 heterocycles. The molecule has 10 heavy (non-hydrogen) atoms. The van der Waals surface area contributed by atoms with E-state index in [1.165, 1.54) is 0 Å². The van der Waals surface area contributed by atoms with E-state index in [4.69, 9.17) is 0 Å². The van der Waals surface area contributed by atoms with Crippen molar-refractivity contribution in [1.82, 2.24) is 0 Å². The minimum absolute atomic E-state index is 0.00926. The molecule has 1 atom stereocenters. The third-order valence-corrected chi connectivity index (χ3v) is 3.82. The first kappa shape index (κ1) is 8.33. The maximum Gasteiger partial charge on any atom is 0.303 e. The molecule has 1 saturated heterocycles. The van der Waals surface area contributed by atoms with Crippen molar-refractivity contribution in [3.05, 3.63) is 0 Å². The number of halogens is 1. The van der Waals surface area contributed by atoms with Crippen molar-refractivity contribution in [2.75, 3.05) is 11.5 Å². The van der Waals surface area contributed by atoms with Crippen molar-refractivity contribution >= 4 is 22.0 Å². The average molecular weight is 184 g/mol. The summed E-state index contributed by atoms with van der Waals surface area (Å²) in [4.78, 5) is 0. The minimum Gasteiger partial charge on any atom is -0.195 e. The monoisotopic (exact) mass is 184 g/mol. The van der Waals surface area contributed by atoms with Crippen LogP contribution in [0.5, 0.6) is 0 Å². The van der Waals surface area contributed by atoms with Gasteiger partial charge in [0.2, 0.25) is 0 Å². The first-order valence-corrected chi connectivity index (χ1v) is 5.72. The Morgan fingerprint density at radius 2 is 2.30 bits per heavy atom. The lowest BCUT2D eigenvalue weighted by molar-refractivity contribution is 0.549. The third-order valence-electron chi connectivity index (χ3n) is 1.41. The molecule has 2 nitrogen and oxygen atoms in total. The van der Waals surface area contributed by atoms with E-state index in [0.29, 0.717) is 0 Å². The summed E-state index contributed by atoms with van der Waals surface area (Å²) < 4.78 is 32.2. The Kier molecular flexibility index (Phi) is 2.57. The summed E-state index contributed by atoms with van der Waals surface area (Å²) in [5.41, 5.74) is 0. The van der Waals surface area contributed by atoms with E-state index in [9.17, 15) is 12.3 Å². The van der Waals surface area contributed by atoms with Gasteiger partial charge >= 0.3 is 10.2 Å². The van der Waals surface area contributed by atoms with E-state index in [-0.39, 0.29) is 11.0 Å². The Labute approximate surface area is 64.4 Å². The van der Waals surface area contributed by atoms with Crippen LogP contribution in [0.3, 0.4) is 0 Å². The molecule has 0 bridgehead atoms. The number of hydrogen-bond donors (Lipinski definition) is 0.